The van der Waals surface area contributed by atoms with Crippen LogP contribution in [0.5, 0.6) is 0 Å². The molecule has 0 radical (unpaired) electrons. The lowest BCUT2D eigenvalue weighted by Crippen LogP contribution is -2.62. The molecule has 0 saturated heterocycles. The summed E-state index contributed by atoms with van der Waals surface area (Å²) in [6.07, 6.45) is 8.17. The minimum absolute atomic E-state index is 0.333. The zero-order valence-electron chi connectivity index (χ0n) is 13.1. The fourth-order valence-electron chi connectivity index (χ4n) is 4.25. The fourth-order valence-corrected chi connectivity index (χ4v) is 4.53. The molecule has 2 nitrogen and oxygen atoms in total. The molecule has 1 aromatic carbocycles. The normalized spacial score (nSPS) is 27.4. The Balaban J connectivity index is 1.79. The van der Waals surface area contributed by atoms with Crippen LogP contribution >= 0.6 is 11.6 Å². The van der Waals surface area contributed by atoms with Crippen LogP contribution in [0.1, 0.15) is 51.0 Å². The fraction of sp³-hybridized carbons (Fsp3) is 0.667. The molecule has 116 valence electrons. The number of benzene rings is 1. The Morgan fingerprint density at radius 2 is 2.05 bits per heavy atom. The van der Waals surface area contributed by atoms with Crippen molar-refractivity contribution in [2.45, 2.75) is 64.5 Å². The van der Waals surface area contributed by atoms with Crippen molar-refractivity contribution >= 4 is 17.3 Å². The first-order valence-corrected chi connectivity index (χ1v) is 8.68. The minimum Gasteiger partial charge on any atom is -0.380 e. The summed E-state index contributed by atoms with van der Waals surface area (Å²) < 4.78 is 6.03. The van der Waals surface area contributed by atoms with E-state index in [2.05, 4.69) is 25.2 Å². The lowest BCUT2D eigenvalue weighted by atomic mass is 9.55. The predicted molar refractivity (Wildman–Crippen MR) is 89.1 cm³/mol. The van der Waals surface area contributed by atoms with Crippen LogP contribution in [0, 0.1) is 12.3 Å². The largest absolute Gasteiger partial charge is 0.380 e. The lowest BCUT2D eigenvalue weighted by Gasteiger charge is -2.58. The van der Waals surface area contributed by atoms with E-state index in [1.807, 2.05) is 12.1 Å². The zero-order valence-corrected chi connectivity index (χ0v) is 13.9. The molecule has 2 aliphatic carbocycles. The third kappa shape index (κ3) is 2.68. The van der Waals surface area contributed by atoms with E-state index in [4.69, 9.17) is 16.3 Å². The van der Waals surface area contributed by atoms with Crippen molar-refractivity contribution in [2.24, 2.45) is 5.41 Å². The van der Waals surface area contributed by atoms with E-state index >= 15 is 0 Å². The second-order valence-corrected chi connectivity index (χ2v) is 7.01. The van der Waals surface area contributed by atoms with E-state index in [9.17, 15) is 0 Å². The molecule has 1 N–H and O–H groups in total. The third-order valence-corrected chi connectivity index (χ3v) is 5.79. The number of halogens is 1. The number of para-hydroxylation sites is 1. The Morgan fingerprint density at radius 3 is 2.71 bits per heavy atom. The molecule has 2 unspecified atom stereocenters. The SMILES string of the molecule is CCOC1CC(Nc2c(C)cccc2Cl)C12CCCCC2. The first kappa shape index (κ1) is 15.2. The van der Waals surface area contributed by atoms with Gasteiger partial charge in [-0.2, -0.15) is 0 Å². The molecule has 0 aliphatic heterocycles. The summed E-state index contributed by atoms with van der Waals surface area (Å²) in [7, 11) is 0. The molecule has 1 aromatic rings. The van der Waals surface area contributed by atoms with Gasteiger partial charge in [-0.15, -0.1) is 0 Å². The maximum absolute atomic E-state index is 6.39. The Bertz CT molecular complexity index is 476. The van der Waals surface area contributed by atoms with Crippen molar-refractivity contribution < 1.29 is 4.74 Å². The van der Waals surface area contributed by atoms with E-state index in [-0.39, 0.29) is 0 Å². The van der Waals surface area contributed by atoms with Crippen molar-refractivity contribution in [1.82, 2.24) is 0 Å². The van der Waals surface area contributed by atoms with E-state index in [1.54, 1.807) is 0 Å². The number of anilines is 1. The van der Waals surface area contributed by atoms with Crippen LogP contribution in [0.4, 0.5) is 5.69 Å². The van der Waals surface area contributed by atoms with Gasteiger partial charge in [-0.05, 0) is 44.7 Å². The highest BCUT2D eigenvalue weighted by Crippen LogP contribution is 2.54. The standard InChI is InChI=1S/C18H26ClNO/c1-3-21-16-12-15(18(16)10-5-4-6-11-18)20-17-13(2)8-7-9-14(17)19/h7-9,15-16,20H,3-6,10-12H2,1-2H3. The van der Waals surface area contributed by atoms with Crippen LogP contribution < -0.4 is 5.32 Å². The molecular formula is C18H26ClNO. The van der Waals surface area contributed by atoms with Gasteiger partial charge in [0.25, 0.3) is 0 Å². The van der Waals surface area contributed by atoms with Crippen LogP contribution in [0.2, 0.25) is 5.02 Å². The van der Waals surface area contributed by atoms with Crippen LogP contribution in [0.3, 0.4) is 0 Å². The number of hydrogen-bond acceptors (Lipinski definition) is 2. The van der Waals surface area contributed by atoms with Crippen LogP contribution in [-0.2, 0) is 4.74 Å². The number of hydrogen-bond donors (Lipinski definition) is 1. The van der Waals surface area contributed by atoms with Gasteiger partial charge in [0.2, 0.25) is 0 Å². The summed E-state index contributed by atoms with van der Waals surface area (Å²) >= 11 is 6.39. The van der Waals surface area contributed by atoms with Crippen molar-refractivity contribution in [3.63, 3.8) is 0 Å². The molecule has 0 aromatic heterocycles. The molecule has 0 bridgehead atoms. The molecular weight excluding hydrogens is 282 g/mol. The molecule has 3 rings (SSSR count). The summed E-state index contributed by atoms with van der Waals surface area (Å²) in [4.78, 5) is 0. The predicted octanol–water partition coefficient (Wildman–Crippen LogP) is 5.19. The van der Waals surface area contributed by atoms with Crippen molar-refractivity contribution in [3.8, 4) is 0 Å². The van der Waals surface area contributed by atoms with E-state index < -0.39 is 0 Å². The van der Waals surface area contributed by atoms with Gasteiger partial charge in [0.05, 0.1) is 16.8 Å². The van der Waals surface area contributed by atoms with Gasteiger partial charge in [0, 0.05) is 18.1 Å². The highest BCUT2D eigenvalue weighted by atomic mass is 35.5. The highest BCUT2D eigenvalue weighted by Gasteiger charge is 2.55. The Hall–Kier alpha value is -0.730. The molecule has 0 heterocycles. The second-order valence-electron chi connectivity index (χ2n) is 6.60. The summed E-state index contributed by atoms with van der Waals surface area (Å²) in [5, 5.41) is 4.59. The molecule has 1 spiro atoms. The number of aryl methyl sites for hydroxylation is 1. The minimum atomic E-state index is 0.333. The molecule has 2 saturated carbocycles. The van der Waals surface area contributed by atoms with Crippen LogP contribution in [0.15, 0.2) is 18.2 Å². The molecule has 2 aliphatic rings. The molecule has 0 amide bonds. The van der Waals surface area contributed by atoms with Gasteiger partial charge < -0.3 is 10.1 Å². The van der Waals surface area contributed by atoms with Gasteiger partial charge in [0.1, 0.15) is 0 Å². The Labute approximate surface area is 133 Å². The topological polar surface area (TPSA) is 21.3 Å². The Morgan fingerprint density at radius 1 is 1.29 bits per heavy atom. The summed E-state index contributed by atoms with van der Waals surface area (Å²) in [5.41, 5.74) is 2.68. The highest BCUT2D eigenvalue weighted by molar-refractivity contribution is 6.33. The monoisotopic (exact) mass is 307 g/mol. The van der Waals surface area contributed by atoms with Crippen molar-refractivity contribution in [3.05, 3.63) is 28.8 Å². The molecule has 3 heteroatoms. The first-order chi connectivity index (χ1) is 10.2. The summed E-state index contributed by atoms with van der Waals surface area (Å²) in [6, 6.07) is 6.62. The lowest BCUT2D eigenvalue weighted by molar-refractivity contribution is -0.134. The quantitative estimate of drug-likeness (QED) is 0.826. The van der Waals surface area contributed by atoms with Gasteiger partial charge in [-0.25, -0.2) is 0 Å². The smallest absolute Gasteiger partial charge is 0.0670 e. The third-order valence-electron chi connectivity index (χ3n) is 5.48. The average molecular weight is 308 g/mol. The van der Waals surface area contributed by atoms with E-state index in [0.29, 0.717) is 17.6 Å². The molecule has 2 fully saturated rings. The van der Waals surface area contributed by atoms with Crippen molar-refractivity contribution in [2.75, 3.05) is 11.9 Å². The van der Waals surface area contributed by atoms with Gasteiger partial charge in [0.15, 0.2) is 0 Å². The summed E-state index contributed by atoms with van der Waals surface area (Å²) in [6.45, 7) is 5.06. The first-order valence-electron chi connectivity index (χ1n) is 8.30. The van der Waals surface area contributed by atoms with Crippen LogP contribution in [0.25, 0.3) is 0 Å². The van der Waals surface area contributed by atoms with Crippen LogP contribution in [-0.4, -0.2) is 18.8 Å². The maximum atomic E-state index is 6.39. The van der Waals surface area contributed by atoms with Gasteiger partial charge >= 0.3 is 0 Å². The number of rotatable bonds is 4. The zero-order chi connectivity index (χ0) is 14.9. The number of ether oxygens (including phenoxy) is 1. The number of nitrogens with one attached hydrogen (secondary N) is 1. The Kier molecular flexibility index (Phi) is 4.46. The van der Waals surface area contributed by atoms with Gasteiger partial charge in [-0.1, -0.05) is 43.0 Å². The summed E-state index contributed by atoms with van der Waals surface area (Å²) in [5.74, 6) is 0. The maximum Gasteiger partial charge on any atom is 0.0670 e. The van der Waals surface area contributed by atoms with E-state index in [1.165, 1.54) is 37.7 Å². The second kappa shape index (κ2) is 6.18. The molecule has 2 atom stereocenters. The average Bonchev–Trinajstić information content (AvgIpc) is 2.50. The van der Waals surface area contributed by atoms with E-state index in [0.717, 1.165) is 23.7 Å². The van der Waals surface area contributed by atoms with Gasteiger partial charge in [-0.3, -0.25) is 0 Å². The van der Waals surface area contributed by atoms with Crippen molar-refractivity contribution in [1.29, 1.82) is 0 Å². The molecule has 21 heavy (non-hydrogen) atoms.